The van der Waals surface area contributed by atoms with E-state index in [-0.39, 0.29) is 12.2 Å². The predicted octanol–water partition coefficient (Wildman–Crippen LogP) is 3.83. The lowest BCUT2D eigenvalue weighted by Gasteiger charge is -2.15. The average Bonchev–Trinajstić information content (AvgIpc) is 2.36. The molecule has 0 fully saturated rings. The van der Waals surface area contributed by atoms with Crippen molar-refractivity contribution < 1.29 is 36.2 Å². The van der Waals surface area contributed by atoms with Gasteiger partial charge in [-0.25, -0.2) is 18.6 Å². The molecule has 0 aliphatic carbocycles. The quantitative estimate of drug-likeness (QED) is 0.467. The Morgan fingerprint density at radius 3 is 2.48 bits per heavy atom. The molecule has 0 radical (unpaired) electrons. The number of nitrogens with zero attached hydrogens (tertiary/aromatic N) is 1. The number of halogens is 6. The van der Waals surface area contributed by atoms with Crippen LogP contribution >= 0.6 is 11.6 Å². The summed E-state index contributed by atoms with van der Waals surface area (Å²) in [6.07, 6.45) is -8.37. The molecule has 0 bridgehead atoms. The van der Waals surface area contributed by atoms with Gasteiger partial charge in [0.2, 0.25) is 5.88 Å². The number of rotatable bonds is 5. The van der Waals surface area contributed by atoms with Crippen LogP contribution in [0.4, 0.5) is 22.0 Å². The first kappa shape index (κ1) is 17.4. The lowest BCUT2D eigenvalue weighted by molar-refractivity contribution is -0.276. The summed E-state index contributed by atoms with van der Waals surface area (Å²) in [5.74, 6) is -2.95. The largest absolute Gasteiger partial charge is 0.574 e. The van der Waals surface area contributed by atoms with E-state index in [2.05, 4.69) is 14.5 Å². The Hall–Kier alpha value is -1.64. The molecule has 0 N–H and O–H groups in total. The van der Waals surface area contributed by atoms with Crippen LogP contribution < -0.4 is 4.74 Å². The van der Waals surface area contributed by atoms with Gasteiger partial charge in [-0.2, -0.15) is 0 Å². The van der Waals surface area contributed by atoms with E-state index in [1.807, 2.05) is 0 Å². The third kappa shape index (κ3) is 4.69. The third-order valence-electron chi connectivity index (χ3n) is 2.16. The van der Waals surface area contributed by atoms with Crippen LogP contribution in [0.1, 0.15) is 35.0 Å². The Bertz CT molecular complexity index is 521. The molecular weight excluding hydrogens is 325 g/mol. The van der Waals surface area contributed by atoms with E-state index in [1.165, 1.54) is 6.92 Å². The van der Waals surface area contributed by atoms with Gasteiger partial charge in [-0.3, -0.25) is 0 Å². The van der Waals surface area contributed by atoms with Gasteiger partial charge >= 0.3 is 12.3 Å². The number of carbonyl (C=O) groups is 1. The topological polar surface area (TPSA) is 48.4 Å². The minimum absolute atomic E-state index is 0.128. The summed E-state index contributed by atoms with van der Waals surface area (Å²) < 4.78 is 70.3. The van der Waals surface area contributed by atoms with Crippen molar-refractivity contribution in [2.45, 2.75) is 25.6 Å². The SMILES string of the molecule is CCOC(=O)c1cc(CCl)c(C(F)F)nc1OC(F)(F)F. The number of aromatic nitrogens is 1. The minimum Gasteiger partial charge on any atom is -0.462 e. The molecule has 0 aliphatic rings. The van der Waals surface area contributed by atoms with E-state index in [0.29, 0.717) is 0 Å². The molecule has 0 spiro atoms. The predicted molar refractivity (Wildman–Crippen MR) is 61.4 cm³/mol. The average molecular weight is 334 g/mol. The molecule has 1 heterocycles. The van der Waals surface area contributed by atoms with Crippen LogP contribution in [0.2, 0.25) is 0 Å². The Morgan fingerprint density at radius 1 is 1.43 bits per heavy atom. The zero-order valence-corrected chi connectivity index (χ0v) is 11.3. The highest BCUT2D eigenvalue weighted by atomic mass is 35.5. The molecule has 0 aromatic carbocycles. The number of carbonyl (C=O) groups excluding carboxylic acids is 1. The molecule has 0 atom stereocenters. The van der Waals surface area contributed by atoms with Gasteiger partial charge in [-0.15, -0.1) is 24.8 Å². The molecule has 1 rings (SSSR count). The summed E-state index contributed by atoms with van der Waals surface area (Å²) >= 11 is 5.43. The normalized spacial score (nSPS) is 11.6. The van der Waals surface area contributed by atoms with Crippen molar-refractivity contribution in [3.05, 3.63) is 22.9 Å². The molecule has 10 heteroatoms. The standard InChI is InChI=1S/C11H9ClF5NO3/c1-2-20-10(19)6-3-5(4-12)7(8(13)14)18-9(6)21-11(15,16)17/h3,8H,2,4H2,1H3. The summed E-state index contributed by atoms with van der Waals surface area (Å²) in [7, 11) is 0. The maximum atomic E-state index is 12.7. The lowest BCUT2D eigenvalue weighted by Crippen LogP contribution is -2.21. The van der Waals surface area contributed by atoms with Crippen LogP contribution in [-0.2, 0) is 10.6 Å². The van der Waals surface area contributed by atoms with E-state index in [0.717, 1.165) is 6.07 Å². The zero-order chi connectivity index (χ0) is 16.2. The van der Waals surface area contributed by atoms with Crippen LogP contribution in [0.3, 0.4) is 0 Å². The zero-order valence-electron chi connectivity index (χ0n) is 10.5. The van der Waals surface area contributed by atoms with Gasteiger partial charge in [0.15, 0.2) is 0 Å². The van der Waals surface area contributed by atoms with Gasteiger partial charge in [0, 0.05) is 5.88 Å². The van der Waals surface area contributed by atoms with E-state index in [1.54, 1.807) is 0 Å². The third-order valence-corrected chi connectivity index (χ3v) is 2.45. The number of ether oxygens (including phenoxy) is 2. The first-order chi connectivity index (χ1) is 9.69. The molecule has 0 amide bonds. The fourth-order valence-electron chi connectivity index (χ4n) is 1.39. The van der Waals surface area contributed by atoms with Crippen molar-refractivity contribution in [1.82, 2.24) is 4.98 Å². The maximum absolute atomic E-state index is 12.7. The van der Waals surface area contributed by atoms with Gasteiger partial charge in [0.1, 0.15) is 11.3 Å². The van der Waals surface area contributed by atoms with Crippen molar-refractivity contribution in [2.75, 3.05) is 6.61 Å². The summed E-state index contributed by atoms with van der Waals surface area (Å²) in [6.45, 7) is 1.29. The fraction of sp³-hybridized carbons (Fsp3) is 0.455. The van der Waals surface area contributed by atoms with Crippen molar-refractivity contribution in [3.63, 3.8) is 0 Å². The molecule has 118 valence electrons. The number of pyridine rings is 1. The van der Waals surface area contributed by atoms with Crippen LogP contribution in [0.25, 0.3) is 0 Å². The van der Waals surface area contributed by atoms with Crippen molar-refractivity contribution >= 4 is 17.6 Å². The van der Waals surface area contributed by atoms with Crippen LogP contribution in [0, 0.1) is 0 Å². The summed E-state index contributed by atoms with van der Waals surface area (Å²) in [4.78, 5) is 14.6. The molecule has 0 unspecified atom stereocenters. The maximum Gasteiger partial charge on any atom is 0.574 e. The number of esters is 1. The Morgan fingerprint density at radius 2 is 2.05 bits per heavy atom. The number of hydrogen-bond donors (Lipinski definition) is 0. The van der Waals surface area contributed by atoms with E-state index < -0.39 is 41.8 Å². The van der Waals surface area contributed by atoms with Crippen molar-refractivity contribution in [3.8, 4) is 5.88 Å². The highest BCUT2D eigenvalue weighted by Crippen LogP contribution is 2.31. The van der Waals surface area contributed by atoms with Gasteiger partial charge in [-0.1, -0.05) is 0 Å². The Kier molecular flexibility index (Phi) is 5.70. The van der Waals surface area contributed by atoms with Gasteiger partial charge in [0.05, 0.1) is 6.61 Å². The van der Waals surface area contributed by atoms with E-state index in [4.69, 9.17) is 11.6 Å². The minimum atomic E-state index is -5.20. The highest BCUT2D eigenvalue weighted by molar-refractivity contribution is 6.17. The van der Waals surface area contributed by atoms with Crippen molar-refractivity contribution in [2.24, 2.45) is 0 Å². The molecule has 21 heavy (non-hydrogen) atoms. The van der Waals surface area contributed by atoms with Crippen LogP contribution in [-0.4, -0.2) is 23.9 Å². The lowest BCUT2D eigenvalue weighted by atomic mass is 10.1. The highest BCUT2D eigenvalue weighted by Gasteiger charge is 2.35. The molecule has 0 saturated heterocycles. The molecule has 0 saturated carbocycles. The second-order valence-corrected chi connectivity index (χ2v) is 3.86. The Labute approximate surface area is 120 Å². The molecular formula is C11H9ClF5NO3. The second kappa shape index (κ2) is 6.88. The Balaban J connectivity index is 3.40. The first-order valence-electron chi connectivity index (χ1n) is 5.50. The van der Waals surface area contributed by atoms with E-state index >= 15 is 0 Å². The summed E-state index contributed by atoms with van der Waals surface area (Å²) in [5, 5.41) is 0. The number of alkyl halides is 6. The molecule has 4 nitrogen and oxygen atoms in total. The van der Waals surface area contributed by atoms with Crippen LogP contribution in [0.15, 0.2) is 6.07 Å². The van der Waals surface area contributed by atoms with Crippen molar-refractivity contribution in [1.29, 1.82) is 0 Å². The van der Waals surface area contributed by atoms with Gasteiger partial charge < -0.3 is 9.47 Å². The molecule has 1 aromatic rings. The summed E-state index contributed by atoms with van der Waals surface area (Å²) in [5.41, 5.74) is -2.00. The fourth-order valence-corrected chi connectivity index (χ4v) is 1.60. The molecule has 1 aromatic heterocycles. The van der Waals surface area contributed by atoms with Gasteiger partial charge in [-0.05, 0) is 18.6 Å². The van der Waals surface area contributed by atoms with Gasteiger partial charge in [0.25, 0.3) is 6.43 Å². The molecule has 0 aliphatic heterocycles. The monoisotopic (exact) mass is 333 g/mol. The smallest absolute Gasteiger partial charge is 0.462 e. The van der Waals surface area contributed by atoms with E-state index in [9.17, 15) is 26.7 Å². The van der Waals surface area contributed by atoms with Crippen LogP contribution in [0.5, 0.6) is 5.88 Å². The number of hydrogen-bond acceptors (Lipinski definition) is 4. The first-order valence-corrected chi connectivity index (χ1v) is 6.03. The second-order valence-electron chi connectivity index (χ2n) is 3.59. The summed E-state index contributed by atoms with van der Waals surface area (Å²) in [6, 6.07) is 0.751.